The number of alkyl halides is 1. The minimum absolute atomic E-state index is 0.0237. The Labute approximate surface area is 70.9 Å². The molecule has 2 rings (SSSR count). The smallest absolute Gasteiger partial charge is 0.309 e. The van der Waals surface area contributed by atoms with E-state index in [1.807, 2.05) is 0 Å². The summed E-state index contributed by atoms with van der Waals surface area (Å²) in [5.41, 5.74) is 0. The molecule has 0 aromatic rings. The first-order valence-corrected chi connectivity index (χ1v) is 4.51. The van der Waals surface area contributed by atoms with Gasteiger partial charge in [0.25, 0.3) is 0 Å². The van der Waals surface area contributed by atoms with Crippen LogP contribution in [0.15, 0.2) is 0 Å². The van der Waals surface area contributed by atoms with Crippen LogP contribution in [-0.4, -0.2) is 18.0 Å². The van der Waals surface area contributed by atoms with Crippen molar-refractivity contribution in [1.82, 2.24) is 0 Å². The van der Waals surface area contributed by atoms with Crippen molar-refractivity contribution in [2.45, 2.75) is 24.6 Å². The Balaban J connectivity index is 2.09. The van der Waals surface area contributed by atoms with Gasteiger partial charge in [0, 0.05) is 5.38 Å². The molecule has 0 unspecified atom stereocenters. The van der Waals surface area contributed by atoms with E-state index < -0.39 is 0 Å². The Bertz CT molecular complexity index is 181. The van der Waals surface area contributed by atoms with Gasteiger partial charge in [0.15, 0.2) is 0 Å². The zero-order valence-electron chi connectivity index (χ0n) is 6.25. The first-order valence-electron chi connectivity index (χ1n) is 4.08. The SMILES string of the molecule is O=C1OCC[C@H]2C[C@H](Cl)C[C@@H]12. The molecule has 11 heavy (non-hydrogen) atoms. The number of fused-ring (bicyclic) bond motifs is 1. The fourth-order valence-corrected chi connectivity index (χ4v) is 2.50. The third-order valence-corrected chi connectivity index (χ3v) is 3.03. The molecule has 0 N–H and O–H groups in total. The Hall–Kier alpha value is -0.240. The first-order chi connectivity index (χ1) is 5.27. The van der Waals surface area contributed by atoms with Crippen LogP contribution in [0.25, 0.3) is 0 Å². The molecule has 1 aliphatic carbocycles. The average molecular weight is 175 g/mol. The van der Waals surface area contributed by atoms with E-state index in [-0.39, 0.29) is 17.3 Å². The second-order valence-electron chi connectivity index (χ2n) is 3.39. The molecule has 2 aliphatic rings. The summed E-state index contributed by atoms with van der Waals surface area (Å²) in [6.07, 6.45) is 2.84. The molecule has 3 atom stereocenters. The molecule has 2 nitrogen and oxygen atoms in total. The molecule has 2 fully saturated rings. The van der Waals surface area contributed by atoms with Gasteiger partial charge < -0.3 is 4.74 Å². The van der Waals surface area contributed by atoms with E-state index in [1.165, 1.54) is 0 Å². The largest absolute Gasteiger partial charge is 0.465 e. The standard InChI is InChI=1S/C8H11ClO2/c9-6-3-5-1-2-11-8(10)7(5)4-6/h5-7H,1-4H2/t5-,6-,7+/m0/s1. The van der Waals surface area contributed by atoms with Gasteiger partial charge in [-0.25, -0.2) is 0 Å². The van der Waals surface area contributed by atoms with Crippen molar-refractivity contribution in [3.8, 4) is 0 Å². The molecule has 0 aromatic heterocycles. The molecule has 0 radical (unpaired) electrons. The molecule has 0 spiro atoms. The van der Waals surface area contributed by atoms with E-state index in [2.05, 4.69) is 0 Å². The molecule has 0 aromatic carbocycles. The van der Waals surface area contributed by atoms with E-state index in [0.717, 1.165) is 19.3 Å². The topological polar surface area (TPSA) is 26.3 Å². The lowest BCUT2D eigenvalue weighted by Gasteiger charge is -2.23. The van der Waals surface area contributed by atoms with Crippen molar-refractivity contribution < 1.29 is 9.53 Å². The van der Waals surface area contributed by atoms with Crippen LogP contribution in [0.5, 0.6) is 0 Å². The van der Waals surface area contributed by atoms with Gasteiger partial charge in [-0.15, -0.1) is 11.6 Å². The van der Waals surface area contributed by atoms with Crippen LogP contribution < -0.4 is 0 Å². The van der Waals surface area contributed by atoms with Crippen LogP contribution in [0.3, 0.4) is 0 Å². The molecule has 0 amide bonds. The number of rotatable bonds is 0. The number of ether oxygens (including phenoxy) is 1. The molecule has 1 aliphatic heterocycles. The summed E-state index contributed by atoms with van der Waals surface area (Å²) >= 11 is 5.94. The van der Waals surface area contributed by atoms with Gasteiger partial charge in [0.1, 0.15) is 0 Å². The van der Waals surface area contributed by atoms with Crippen LogP contribution >= 0.6 is 11.6 Å². The van der Waals surface area contributed by atoms with E-state index in [0.29, 0.717) is 12.5 Å². The molecule has 1 saturated heterocycles. The number of esters is 1. The fraction of sp³-hybridized carbons (Fsp3) is 0.875. The summed E-state index contributed by atoms with van der Waals surface area (Å²) in [5.74, 6) is 0.606. The third-order valence-electron chi connectivity index (χ3n) is 2.67. The zero-order valence-corrected chi connectivity index (χ0v) is 7.01. The number of hydrogen-bond acceptors (Lipinski definition) is 2. The minimum Gasteiger partial charge on any atom is -0.465 e. The van der Waals surface area contributed by atoms with Crippen molar-refractivity contribution in [3.05, 3.63) is 0 Å². The van der Waals surface area contributed by atoms with Gasteiger partial charge in [-0.2, -0.15) is 0 Å². The summed E-state index contributed by atoms with van der Waals surface area (Å²) in [7, 11) is 0. The van der Waals surface area contributed by atoms with E-state index in [4.69, 9.17) is 16.3 Å². The maximum Gasteiger partial charge on any atom is 0.309 e. The van der Waals surface area contributed by atoms with Gasteiger partial charge in [0.2, 0.25) is 0 Å². The number of cyclic esters (lactones) is 1. The Morgan fingerprint density at radius 1 is 1.45 bits per heavy atom. The molecule has 1 heterocycles. The molecular weight excluding hydrogens is 164 g/mol. The van der Waals surface area contributed by atoms with Crippen molar-refractivity contribution in [1.29, 1.82) is 0 Å². The van der Waals surface area contributed by atoms with Crippen LogP contribution in [0.2, 0.25) is 0 Å². The highest BCUT2D eigenvalue weighted by atomic mass is 35.5. The zero-order chi connectivity index (χ0) is 7.84. The predicted molar refractivity (Wildman–Crippen MR) is 41.4 cm³/mol. The third kappa shape index (κ3) is 1.24. The molecule has 1 saturated carbocycles. The summed E-state index contributed by atoms with van der Waals surface area (Å²) in [6, 6.07) is 0. The van der Waals surface area contributed by atoms with Crippen LogP contribution in [0, 0.1) is 11.8 Å². The van der Waals surface area contributed by atoms with Gasteiger partial charge in [-0.3, -0.25) is 4.79 Å². The normalized spacial score (nSPS) is 43.4. The lowest BCUT2D eigenvalue weighted by atomic mass is 9.91. The number of hydrogen-bond donors (Lipinski definition) is 0. The highest BCUT2D eigenvalue weighted by Crippen LogP contribution is 2.40. The number of carbonyl (C=O) groups is 1. The second kappa shape index (κ2) is 2.67. The van der Waals surface area contributed by atoms with Crippen LogP contribution in [0.4, 0.5) is 0 Å². The fourth-order valence-electron chi connectivity index (χ4n) is 2.08. The predicted octanol–water partition coefficient (Wildman–Crippen LogP) is 1.57. The number of halogens is 1. The Morgan fingerprint density at radius 2 is 2.27 bits per heavy atom. The molecule has 3 heteroatoms. The first kappa shape index (κ1) is 7.41. The molecular formula is C8H11ClO2. The molecule has 62 valence electrons. The summed E-state index contributed by atoms with van der Waals surface area (Å²) in [6.45, 7) is 0.601. The van der Waals surface area contributed by atoms with Crippen LogP contribution in [0.1, 0.15) is 19.3 Å². The van der Waals surface area contributed by atoms with Gasteiger partial charge in [-0.1, -0.05) is 0 Å². The second-order valence-corrected chi connectivity index (χ2v) is 4.01. The molecule has 0 bridgehead atoms. The van der Waals surface area contributed by atoms with Crippen molar-refractivity contribution >= 4 is 17.6 Å². The Morgan fingerprint density at radius 3 is 3.00 bits per heavy atom. The van der Waals surface area contributed by atoms with Crippen molar-refractivity contribution in [2.24, 2.45) is 11.8 Å². The minimum atomic E-state index is -0.0237. The highest BCUT2D eigenvalue weighted by molar-refractivity contribution is 6.21. The maximum absolute atomic E-state index is 11.1. The van der Waals surface area contributed by atoms with E-state index >= 15 is 0 Å². The van der Waals surface area contributed by atoms with Crippen molar-refractivity contribution in [2.75, 3.05) is 6.61 Å². The average Bonchev–Trinajstić information content (AvgIpc) is 2.31. The summed E-state index contributed by atoms with van der Waals surface area (Å²) in [4.78, 5) is 11.1. The van der Waals surface area contributed by atoms with Crippen molar-refractivity contribution in [3.63, 3.8) is 0 Å². The highest BCUT2D eigenvalue weighted by Gasteiger charge is 2.41. The number of carbonyl (C=O) groups excluding carboxylic acids is 1. The lowest BCUT2D eigenvalue weighted by molar-refractivity contribution is -0.155. The van der Waals surface area contributed by atoms with Gasteiger partial charge >= 0.3 is 5.97 Å². The Kier molecular flexibility index (Phi) is 1.80. The summed E-state index contributed by atoms with van der Waals surface area (Å²) < 4.78 is 4.94. The monoisotopic (exact) mass is 174 g/mol. The summed E-state index contributed by atoms with van der Waals surface area (Å²) in [5, 5.41) is 0.204. The van der Waals surface area contributed by atoms with E-state index in [1.54, 1.807) is 0 Å². The van der Waals surface area contributed by atoms with E-state index in [9.17, 15) is 4.79 Å². The van der Waals surface area contributed by atoms with Crippen LogP contribution in [-0.2, 0) is 9.53 Å². The lowest BCUT2D eigenvalue weighted by Crippen LogP contribution is -2.28. The van der Waals surface area contributed by atoms with Gasteiger partial charge in [0.05, 0.1) is 12.5 Å². The quantitative estimate of drug-likeness (QED) is 0.412. The van der Waals surface area contributed by atoms with Gasteiger partial charge in [-0.05, 0) is 25.2 Å². The maximum atomic E-state index is 11.1.